The van der Waals surface area contributed by atoms with Crippen LogP contribution >= 0.6 is 27.5 Å². The molecule has 0 saturated heterocycles. The average Bonchev–Trinajstić information content (AvgIpc) is 2.43. The summed E-state index contributed by atoms with van der Waals surface area (Å²) in [6, 6.07) is 4.46. The van der Waals surface area contributed by atoms with Crippen molar-refractivity contribution in [2.24, 2.45) is 0 Å². The number of rotatable bonds is 3. The summed E-state index contributed by atoms with van der Waals surface area (Å²) in [7, 11) is 0. The van der Waals surface area contributed by atoms with Crippen molar-refractivity contribution in [3.05, 3.63) is 27.7 Å². The number of anilines is 1. The van der Waals surface area contributed by atoms with Gasteiger partial charge in [-0.1, -0.05) is 30.9 Å². The molecular weight excluding hydrogens is 360 g/mol. The van der Waals surface area contributed by atoms with E-state index in [1.807, 2.05) is 0 Å². The van der Waals surface area contributed by atoms with Crippen LogP contribution in [0.1, 0.15) is 32.1 Å². The van der Waals surface area contributed by atoms with Crippen LogP contribution in [-0.4, -0.2) is 22.6 Å². The fraction of sp³-hybridized carbons (Fsp3) is 0.429. The molecule has 0 unspecified atom stereocenters. The van der Waals surface area contributed by atoms with Gasteiger partial charge in [-0.05, 0) is 47.0 Å². The molecule has 2 amide bonds. The Balaban J connectivity index is 2.09. The van der Waals surface area contributed by atoms with Crippen molar-refractivity contribution in [1.82, 2.24) is 5.32 Å². The Morgan fingerprint density at radius 1 is 1.24 bits per heavy atom. The number of hydrogen-bond donors (Lipinski definition) is 3. The molecule has 1 aromatic carbocycles. The number of hydrogen-bond acceptors (Lipinski definition) is 2. The molecule has 1 fully saturated rings. The van der Waals surface area contributed by atoms with Gasteiger partial charge in [0.15, 0.2) is 0 Å². The predicted octanol–water partition coefficient (Wildman–Crippen LogP) is 4.01. The van der Waals surface area contributed by atoms with Crippen molar-refractivity contribution in [3.63, 3.8) is 0 Å². The number of carboxylic acid groups (broad SMARTS) is 1. The number of urea groups is 1. The molecule has 7 heteroatoms. The van der Waals surface area contributed by atoms with Gasteiger partial charge in [0, 0.05) is 9.50 Å². The largest absolute Gasteiger partial charge is 0.480 e. The van der Waals surface area contributed by atoms with Gasteiger partial charge in [0.05, 0.1) is 5.69 Å². The van der Waals surface area contributed by atoms with E-state index in [2.05, 4.69) is 26.6 Å². The lowest BCUT2D eigenvalue weighted by atomic mass is 9.82. The molecule has 1 aromatic rings. The summed E-state index contributed by atoms with van der Waals surface area (Å²) >= 11 is 9.19. The molecular formula is C14H16BrClN2O3. The quantitative estimate of drug-likeness (QED) is 0.747. The van der Waals surface area contributed by atoms with E-state index in [1.54, 1.807) is 18.2 Å². The van der Waals surface area contributed by atoms with Crippen LogP contribution in [0.2, 0.25) is 5.02 Å². The van der Waals surface area contributed by atoms with Gasteiger partial charge in [0.1, 0.15) is 5.54 Å². The maximum Gasteiger partial charge on any atom is 0.329 e. The van der Waals surface area contributed by atoms with E-state index < -0.39 is 17.5 Å². The summed E-state index contributed by atoms with van der Waals surface area (Å²) in [4.78, 5) is 23.6. The smallest absolute Gasteiger partial charge is 0.329 e. The molecule has 114 valence electrons. The summed E-state index contributed by atoms with van der Waals surface area (Å²) in [6.45, 7) is 0. The van der Waals surface area contributed by atoms with Crippen molar-refractivity contribution < 1.29 is 14.7 Å². The number of halogens is 2. The molecule has 0 bridgehead atoms. The normalized spacial score (nSPS) is 17.0. The molecule has 1 saturated carbocycles. The second kappa shape index (κ2) is 6.66. The van der Waals surface area contributed by atoms with Gasteiger partial charge in [-0.15, -0.1) is 0 Å². The Kier molecular flexibility index (Phi) is 5.11. The number of amides is 2. The van der Waals surface area contributed by atoms with Crippen molar-refractivity contribution in [2.75, 3.05) is 5.32 Å². The fourth-order valence-corrected chi connectivity index (χ4v) is 3.03. The van der Waals surface area contributed by atoms with Crippen molar-refractivity contribution in [2.45, 2.75) is 37.6 Å². The topological polar surface area (TPSA) is 78.4 Å². The van der Waals surface area contributed by atoms with Crippen LogP contribution in [0.5, 0.6) is 0 Å². The Labute approximate surface area is 136 Å². The van der Waals surface area contributed by atoms with E-state index in [-0.39, 0.29) is 0 Å². The first kappa shape index (κ1) is 16.1. The van der Waals surface area contributed by atoms with Crippen LogP contribution in [-0.2, 0) is 4.79 Å². The van der Waals surface area contributed by atoms with Gasteiger partial charge in [0.2, 0.25) is 0 Å². The SMILES string of the molecule is O=C(Nc1cc(Cl)ccc1Br)NC1(C(=O)O)CCCCC1. The highest BCUT2D eigenvalue weighted by Gasteiger charge is 2.41. The minimum absolute atomic E-state index is 0.451. The molecule has 2 rings (SSSR count). The molecule has 3 N–H and O–H groups in total. The number of nitrogens with one attached hydrogen (secondary N) is 2. The first-order valence-electron chi connectivity index (χ1n) is 6.70. The second-order valence-corrected chi connectivity index (χ2v) is 6.44. The third-order valence-corrected chi connectivity index (χ3v) is 4.57. The Hall–Kier alpha value is -1.27. The van der Waals surface area contributed by atoms with Gasteiger partial charge in [-0.2, -0.15) is 0 Å². The fourth-order valence-electron chi connectivity index (χ4n) is 2.51. The molecule has 0 heterocycles. The third kappa shape index (κ3) is 3.89. The summed E-state index contributed by atoms with van der Waals surface area (Å²) in [5.41, 5.74) is -0.677. The maximum absolute atomic E-state index is 12.1. The summed E-state index contributed by atoms with van der Waals surface area (Å²) in [6.07, 6.45) is 3.50. The van der Waals surface area contributed by atoms with Crippen LogP contribution in [0.4, 0.5) is 10.5 Å². The number of aliphatic carboxylic acids is 1. The van der Waals surface area contributed by atoms with E-state index in [0.717, 1.165) is 19.3 Å². The lowest BCUT2D eigenvalue weighted by Gasteiger charge is -2.33. The number of carboxylic acids is 1. The molecule has 0 atom stereocenters. The van der Waals surface area contributed by atoms with Gasteiger partial charge >= 0.3 is 12.0 Å². The van der Waals surface area contributed by atoms with Gasteiger partial charge in [0.25, 0.3) is 0 Å². The summed E-state index contributed by atoms with van der Waals surface area (Å²) < 4.78 is 0.676. The van der Waals surface area contributed by atoms with E-state index in [1.165, 1.54) is 0 Å². The molecule has 0 aromatic heterocycles. The van der Waals surface area contributed by atoms with Crippen LogP contribution in [0.15, 0.2) is 22.7 Å². The predicted molar refractivity (Wildman–Crippen MR) is 84.8 cm³/mol. The van der Waals surface area contributed by atoms with Crippen molar-refractivity contribution >= 4 is 45.2 Å². The van der Waals surface area contributed by atoms with E-state index in [9.17, 15) is 14.7 Å². The van der Waals surface area contributed by atoms with Crippen LogP contribution in [0.3, 0.4) is 0 Å². The maximum atomic E-state index is 12.1. The van der Waals surface area contributed by atoms with Crippen LogP contribution < -0.4 is 10.6 Å². The standard InChI is InChI=1S/C14H16BrClN2O3/c15-10-5-4-9(16)8-11(10)17-13(21)18-14(12(19)20)6-2-1-3-7-14/h4-5,8H,1-3,6-7H2,(H,19,20)(H2,17,18,21). The highest BCUT2D eigenvalue weighted by Crippen LogP contribution is 2.29. The molecule has 1 aliphatic rings. The van der Waals surface area contributed by atoms with Crippen molar-refractivity contribution in [3.8, 4) is 0 Å². The number of carbonyl (C=O) groups is 2. The van der Waals surface area contributed by atoms with Gasteiger partial charge in [-0.25, -0.2) is 9.59 Å². The first-order chi connectivity index (χ1) is 9.93. The Morgan fingerprint density at radius 2 is 1.90 bits per heavy atom. The molecule has 0 aliphatic heterocycles. The molecule has 0 spiro atoms. The van der Waals surface area contributed by atoms with E-state index in [0.29, 0.717) is 28.0 Å². The number of carbonyl (C=O) groups excluding carboxylic acids is 1. The molecule has 5 nitrogen and oxygen atoms in total. The van der Waals surface area contributed by atoms with Crippen LogP contribution in [0, 0.1) is 0 Å². The highest BCUT2D eigenvalue weighted by molar-refractivity contribution is 9.10. The minimum atomic E-state index is -1.17. The third-order valence-electron chi connectivity index (χ3n) is 3.65. The number of benzene rings is 1. The lowest BCUT2D eigenvalue weighted by Crippen LogP contribution is -2.56. The van der Waals surface area contributed by atoms with Gasteiger partial charge in [-0.3, -0.25) is 0 Å². The average molecular weight is 376 g/mol. The summed E-state index contributed by atoms with van der Waals surface area (Å²) in [5.74, 6) is -0.984. The van der Waals surface area contributed by atoms with Gasteiger partial charge < -0.3 is 15.7 Å². The Morgan fingerprint density at radius 3 is 2.52 bits per heavy atom. The molecule has 0 radical (unpaired) electrons. The highest BCUT2D eigenvalue weighted by atomic mass is 79.9. The van der Waals surface area contributed by atoms with E-state index in [4.69, 9.17) is 11.6 Å². The summed E-state index contributed by atoms with van der Waals surface area (Å²) in [5, 5.41) is 15.2. The van der Waals surface area contributed by atoms with Crippen molar-refractivity contribution in [1.29, 1.82) is 0 Å². The zero-order chi connectivity index (χ0) is 15.5. The Bertz CT molecular complexity index is 559. The molecule has 21 heavy (non-hydrogen) atoms. The zero-order valence-corrected chi connectivity index (χ0v) is 13.6. The minimum Gasteiger partial charge on any atom is -0.480 e. The monoisotopic (exact) mass is 374 g/mol. The zero-order valence-electron chi connectivity index (χ0n) is 11.3. The van der Waals surface area contributed by atoms with Crippen LogP contribution in [0.25, 0.3) is 0 Å². The van der Waals surface area contributed by atoms with E-state index >= 15 is 0 Å². The molecule has 1 aliphatic carbocycles. The first-order valence-corrected chi connectivity index (χ1v) is 7.88. The second-order valence-electron chi connectivity index (χ2n) is 5.15. The lowest BCUT2D eigenvalue weighted by molar-refractivity contribution is -0.145.